The molecule has 2 atom stereocenters. The minimum Gasteiger partial charge on any atom is -0.373 e. The highest BCUT2D eigenvalue weighted by Gasteiger charge is 2.32. The Balaban J connectivity index is 1.61. The molecule has 1 amide bonds. The molecule has 0 unspecified atom stereocenters. The predicted octanol–water partition coefficient (Wildman–Crippen LogP) is 1.27. The molecule has 0 spiro atoms. The first-order valence-corrected chi connectivity index (χ1v) is 8.60. The summed E-state index contributed by atoms with van der Waals surface area (Å²) in [4.78, 5) is 20.5. The van der Waals surface area contributed by atoms with Crippen molar-refractivity contribution in [2.75, 3.05) is 33.8 Å². The second-order valence-electron chi connectivity index (χ2n) is 6.45. The van der Waals surface area contributed by atoms with Gasteiger partial charge in [-0.3, -0.25) is 14.8 Å². The third-order valence-corrected chi connectivity index (χ3v) is 4.66. The maximum absolute atomic E-state index is 12.4. The number of hydrogen-bond acceptors (Lipinski definition) is 5. The normalized spacial score (nSPS) is 21.2. The summed E-state index contributed by atoms with van der Waals surface area (Å²) < 4.78 is 6.02. The molecule has 2 aromatic rings. The fourth-order valence-electron chi connectivity index (χ4n) is 3.27. The molecular formula is C18H25N5O2. The lowest BCUT2D eigenvalue weighted by molar-refractivity contribution is -0.134. The van der Waals surface area contributed by atoms with Crippen LogP contribution in [-0.2, 0) is 16.0 Å². The highest BCUT2D eigenvalue weighted by atomic mass is 16.5. The van der Waals surface area contributed by atoms with E-state index in [2.05, 4.69) is 39.3 Å². The van der Waals surface area contributed by atoms with E-state index in [-0.39, 0.29) is 18.1 Å². The summed E-state index contributed by atoms with van der Waals surface area (Å²) >= 11 is 0. The van der Waals surface area contributed by atoms with E-state index in [0.29, 0.717) is 26.0 Å². The number of nitrogens with zero attached hydrogens (tertiary/aromatic N) is 4. The summed E-state index contributed by atoms with van der Waals surface area (Å²) in [6, 6.07) is 10.5. The van der Waals surface area contributed by atoms with Crippen LogP contribution in [0, 0.1) is 0 Å². The lowest BCUT2D eigenvalue weighted by atomic mass is 9.98. The number of benzene rings is 1. The van der Waals surface area contributed by atoms with Gasteiger partial charge in [-0.15, -0.1) is 0 Å². The van der Waals surface area contributed by atoms with Crippen molar-refractivity contribution < 1.29 is 9.53 Å². The third kappa shape index (κ3) is 4.43. The molecule has 1 aliphatic rings. The Labute approximate surface area is 148 Å². The van der Waals surface area contributed by atoms with Crippen molar-refractivity contribution in [1.82, 2.24) is 25.0 Å². The van der Waals surface area contributed by atoms with Gasteiger partial charge in [0.15, 0.2) is 0 Å². The minimum atomic E-state index is -0.0413. The van der Waals surface area contributed by atoms with Gasteiger partial charge in [0.1, 0.15) is 12.2 Å². The van der Waals surface area contributed by atoms with Crippen LogP contribution in [0.5, 0.6) is 0 Å². The van der Waals surface area contributed by atoms with E-state index >= 15 is 0 Å². The summed E-state index contributed by atoms with van der Waals surface area (Å²) in [5, 5.41) is 6.59. The van der Waals surface area contributed by atoms with Gasteiger partial charge in [0, 0.05) is 33.0 Å². The van der Waals surface area contributed by atoms with Crippen LogP contribution >= 0.6 is 0 Å². The average molecular weight is 343 g/mol. The summed E-state index contributed by atoms with van der Waals surface area (Å²) in [6.45, 7) is 2.14. The first-order chi connectivity index (χ1) is 12.1. The summed E-state index contributed by atoms with van der Waals surface area (Å²) in [6.07, 6.45) is 2.39. The third-order valence-electron chi connectivity index (χ3n) is 4.66. The van der Waals surface area contributed by atoms with Crippen LogP contribution < -0.4 is 0 Å². The largest absolute Gasteiger partial charge is 0.373 e. The molecule has 1 fully saturated rings. The van der Waals surface area contributed by atoms with Gasteiger partial charge in [0.05, 0.1) is 18.8 Å². The fourth-order valence-corrected chi connectivity index (χ4v) is 3.27. The second kappa shape index (κ2) is 8.22. The van der Waals surface area contributed by atoms with Crippen LogP contribution in [0.2, 0.25) is 0 Å². The number of likely N-dealkylation sites (N-methyl/N-ethyl adjacent to an activating group) is 2. The van der Waals surface area contributed by atoms with E-state index in [4.69, 9.17) is 4.74 Å². The summed E-state index contributed by atoms with van der Waals surface area (Å²) in [5.74, 6) is 0.817. The standard InChI is InChI=1S/C18H25N5O2/c1-22-10-11-25-15(18(22)14-6-4-3-5-7-14)12-23(2)17(24)9-8-16-19-13-20-21-16/h3-7,13,15,18H,8-12H2,1-2H3,(H,19,20,21)/t15-,18-/m0/s1. The Morgan fingerprint density at radius 2 is 2.20 bits per heavy atom. The number of ether oxygens (including phenoxy) is 1. The van der Waals surface area contributed by atoms with Crippen LogP contribution in [0.3, 0.4) is 0 Å². The topological polar surface area (TPSA) is 74.3 Å². The zero-order valence-corrected chi connectivity index (χ0v) is 14.8. The lowest BCUT2D eigenvalue weighted by Crippen LogP contribution is -2.48. The quantitative estimate of drug-likeness (QED) is 0.855. The average Bonchev–Trinajstić information content (AvgIpc) is 3.14. The van der Waals surface area contributed by atoms with Gasteiger partial charge in [-0.05, 0) is 12.6 Å². The number of morpholine rings is 1. The molecule has 0 bridgehead atoms. The van der Waals surface area contributed by atoms with Gasteiger partial charge in [0.2, 0.25) is 5.91 Å². The van der Waals surface area contributed by atoms with Gasteiger partial charge in [-0.1, -0.05) is 30.3 Å². The first kappa shape index (κ1) is 17.6. The van der Waals surface area contributed by atoms with E-state index in [1.54, 1.807) is 4.90 Å². The Kier molecular flexibility index (Phi) is 5.78. The number of carbonyl (C=O) groups excluding carboxylic acids is 1. The van der Waals surface area contributed by atoms with Gasteiger partial charge in [0.25, 0.3) is 0 Å². The summed E-state index contributed by atoms with van der Waals surface area (Å²) in [7, 11) is 3.95. The van der Waals surface area contributed by atoms with Crippen molar-refractivity contribution >= 4 is 5.91 Å². The molecule has 0 aliphatic carbocycles. The molecular weight excluding hydrogens is 318 g/mol. The summed E-state index contributed by atoms with van der Waals surface area (Å²) in [5.41, 5.74) is 1.22. The zero-order chi connectivity index (χ0) is 17.6. The molecule has 0 saturated carbocycles. The predicted molar refractivity (Wildman–Crippen MR) is 93.9 cm³/mol. The van der Waals surface area contributed by atoms with E-state index in [1.165, 1.54) is 11.9 Å². The second-order valence-corrected chi connectivity index (χ2v) is 6.45. The number of aromatic amines is 1. The number of aryl methyl sites for hydroxylation is 1. The molecule has 7 nitrogen and oxygen atoms in total. The van der Waals surface area contributed by atoms with Crippen molar-refractivity contribution in [2.45, 2.75) is 25.0 Å². The van der Waals surface area contributed by atoms with Gasteiger partial charge >= 0.3 is 0 Å². The Bertz CT molecular complexity index is 661. The van der Waals surface area contributed by atoms with Gasteiger partial charge in [-0.25, -0.2) is 4.98 Å². The lowest BCUT2D eigenvalue weighted by Gasteiger charge is -2.40. The van der Waals surface area contributed by atoms with Crippen LogP contribution in [0.25, 0.3) is 0 Å². The van der Waals surface area contributed by atoms with E-state index in [0.717, 1.165) is 12.4 Å². The molecule has 134 valence electrons. The fraction of sp³-hybridized carbons (Fsp3) is 0.500. The molecule has 3 rings (SSSR count). The molecule has 25 heavy (non-hydrogen) atoms. The number of hydrogen-bond donors (Lipinski definition) is 1. The molecule has 1 aliphatic heterocycles. The van der Waals surface area contributed by atoms with Gasteiger partial charge in [-0.2, -0.15) is 5.10 Å². The molecule has 7 heteroatoms. The first-order valence-electron chi connectivity index (χ1n) is 8.60. The number of H-pyrrole nitrogens is 1. The van der Waals surface area contributed by atoms with Crippen LogP contribution in [0.15, 0.2) is 36.7 Å². The number of carbonyl (C=O) groups is 1. The molecule has 1 aromatic carbocycles. The molecule has 1 N–H and O–H groups in total. The van der Waals surface area contributed by atoms with Crippen LogP contribution in [0.4, 0.5) is 0 Å². The van der Waals surface area contributed by atoms with Crippen LogP contribution in [0.1, 0.15) is 23.9 Å². The van der Waals surface area contributed by atoms with E-state index < -0.39 is 0 Å². The minimum absolute atomic E-state index is 0.0413. The SMILES string of the molecule is CN(C[C@@H]1OCCN(C)[C@H]1c1ccccc1)C(=O)CCc1ncn[nH]1. The van der Waals surface area contributed by atoms with Crippen molar-refractivity contribution in [3.8, 4) is 0 Å². The monoisotopic (exact) mass is 343 g/mol. The Morgan fingerprint density at radius 3 is 2.92 bits per heavy atom. The Hall–Kier alpha value is -2.25. The van der Waals surface area contributed by atoms with Crippen molar-refractivity contribution in [1.29, 1.82) is 0 Å². The van der Waals surface area contributed by atoms with Crippen molar-refractivity contribution in [3.05, 3.63) is 48.0 Å². The smallest absolute Gasteiger partial charge is 0.222 e. The van der Waals surface area contributed by atoms with Gasteiger partial charge < -0.3 is 9.64 Å². The molecule has 2 heterocycles. The highest BCUT2D eigenvalue weighted by Crippen LogP contribution is 2.28. The van der Waals surface area contributed by atoms with Crippen LogP contribution in [-0.4, -0.2) is 70.8 Å². The molecule has 0 radical (unpaired) electrons. The molecule has 1 saturated heterocycles. The maximum atomic E-state index is 12.4. The van der Waals surface area contributed by atoms with E-state index in [9.17, 15) is 4.79 Å². The number of rotatable bonds is 6. The van der Waals surface area contributed by atoms with Crippen molar-refractivity contribution in [3.63, 3.8) is 0 Å². The number of amides is 1. The Morgan fingerprint density at radius 1 is 1.40 bits per heavy atom. The maximum Gasteiger partial charge on any atom is 0.222 e. The highest BCUT2D eigenvalue weighted by molar-refractivity contribution is 5.76. The van der Waals surface area contributed by atoms with Crippen molar-refractivity contribution in [2.24, 2.45) is 0 Å². The number of aromatic nitrogens is 3. The molecule has 1 aromatic heterocycles. The number of nitrogens with one attached hydrogen (secondary N) is 1. The van der Waals surface area contributed by atoms with E-state index in [1.807, 2.05) is 25.2 Å². The zero-order valence-electron chi connectivity index (χ0n) is 14.8.